The summed E-state index contributed by atoms with van der Waals surface area (Å²) in [5.41, 5.74) is 2.95. The van der Waals surface area contributed by atoms with Crippen molar-refractivity contribution in [3.05, 3.63) is 82.3 Å². The topological polar surface area (TPSA) is 106 Å². The van der Waals surface area contributed by atoms with E-state index in [-0.39, 0.29) is 22.2 Å². The molecule has 0 bridgehead atoms. The van der Waals surface area contributed by atoms with E-state index in [1.54, 1.807) is 18.3 Å². The molecule has 1 saturated heterocycles. The van der Waals surface area contributed by atoms with Crippen LogP contribution in [-0.2, 0) is 5.54 Å². The summed E-state index contributed by atoms with van der Waals surface area (Å²) in [5.74, 6) is 0.828. The maximum atomic E-state index is 11.0. The van der Waals surface area contributed by atoms with Crippen molar-refractivity contribution < 1.29 is 4.92 Å². The average molecular weight is 487 g/mol. The first-order chi connectivity index (χ1) is 17.4. The Balaban J connectivity index is 1.47. The highest BCUT2D eigenvalue weighted by atomic mass is 16.6. The van der Waals surface area contributed by atoms with E-state index < -0.39 is 0 Å². The van der Waals surface area contributed by atoms with Gasteiger partial charge in [-0.15, -0.1) is 5.10 Å². The van der Waals surface area contributed by atoms with Gasteiger partial charge in [-0.2, -0.15) is 0 Å². The minimum atomic E-state index is -0.368. The van der Waals surface area contributed by atoms with Crippen LogP contribution in [0.2, 0.25) is 0 Å². The van der Waals surface area contributed by atoms with E-state index >= 15 is 0 Å². The number of anilines is 1. The van der Waals surface area contributed by atoms with E-state index in [4.69, 9.17) is 0 Å². The molecule has 1 aliphatic rings. The van der Waals surface area contributed by atoms with Crippen molar-refractivity contribution in [1.29, 1.82) is 0 Å². The Labute approximate surface area is 209 Å². The molecule has 2 aromatic carbocycles. The second-order valence-corrected chi connectivity index (χ2v) is 9.77. The van der Waals surface area contributed by atoms with Gasteiger partial charge in [-0.05, 0) is 66.6 Å². The maximum absolute atomic E-state index is 11.0. The predicted octanol–water partition coefficient (Wildman–Crippen LogP) is 4.19. The number of rotatable bonds is 7. The Kier molecular flexibility index (Phi) is 6.36. The molecule has 0 radical (unpaired) electrons. The van der Waals surface area contributed by atoms with E-state index in [0.29, 0.717) is 0 Å². The summed E-state index contributed by atoms with van der Waals surface area (Å²) in [5, 5.41) is 25.1. The summed E-state index contributed by atoms with van der Waals surface area (Å²) in [7, 11) is 0. The van der Waals surface area contributed by atoms with E-state index in [1.165, 1.54) is 0 Å². The number of non-ortho nitro benzene ring substituents is 1. The standard InChI is InChI=1S/C26H30N8O2/c1-4-26(2,3)33-25(28-29-30-33)24(20-7-12-23-19(18-20)6-5-13-27-23)32-16-14-31(15-17-32)21-8-10-22(11-9-21)34(35)36/h5-13,18,24H,4,14-17H2,1-3H3. The van der Waals surface area contributed by atoms with Crippen LogP contribution in [0.1, 0.15) is 44.6 Å². The summed E-state index contributed by atoms with van der Waals surface area (Å²) in [4.78, 5) is 19.8. The molecule has 4 aromatic rings. The Morgan fingerprint density at radius 3 is 2.50 bits per heavy atom. The quantitative estimate of drug-likeness (QED) is 0.283. The third kappa shape index (κ3) is 4.51. The van der Waals surface area contributed by atoms with E-state index in [0.717, 1.165) is 60.6 Å². The van der Waals surface area contributed by atoms with Crippen molar-refractivity contribution in [1.82, 2.24) is 30.1 Å². The summed E-state index contributed by atoms with van der Waals surface area (Å²) < 4.78 is 1.97. The normalized spacial score (nSPS) is 15.8. The van der Waals surface area contributed by atoms with Crippen LogP contribution < -0.4 is 4.90 Å². The molecule has 0 spiro atoms. The van der Waals surface area contributed by atoms with Crippen LogP contribution in [0.15, 0.2) is 60.8 Å². The monoisotopic (exact) mass is 486 g/mol. The smallest absolute Gasteiger partial charge is 0.269 e. The van der Waals surface area contributed by atoms with Gasteiger partial charge in [0.2, 0.25) is 0 Å². The lowest BCUT2D eigenvalue weighted by atomic mass is 9.98. The van der Waals surface area contributed by atoms with E-state index in [1.807, 2.05) is 22.9 Å². The van der Waals surface area contributed by atoms with Gasteiger partial charge >= 0.3 is 0 Å². The summed E-state index contributed by atoms with van der Waals surface area (Å²) in [6.07, 6.45) is 2.70. The number of pyridine rings is 1. The molecule has 36 heavy (non-hydrogen) atoms. The fourth-order valence-corrected chi connectivity index (χ4v) is 4.76. The SMILES string of the molecule is CCC(C)(C)n1nnnc1C(c1ccc2ncccc2c1)N1CCN(c2ccc([N+](=O)[O-])cc2)CC1. The minimum absolute atomic E-state index is 0.105. The lowest BCUT2D eigenvalue weighted by Gasteiger charge is -2.40. The summed E-state index contributed by atoms with van der Waals surface area (Å²) in [6.45, 7) is 9.63. The number of benzene rings is 2. The van der Waals surface area contributed by atoms with Crippen molar-refractivity contribution in [3.63, 3.8) is 0 Å². The third-order valence-corrected chi connectivity index (χ3v) is 7.22. The number of nitrogens with zero attached hydrogens (tertiary/aromatic N) is 8. The van der Waals surface area contributed by atoms with Crippen LogP contribution in [0.4, 0.5) is 11.4 Å². The lowest BCUT2D eigenvalue weighted by Crippen LogP contribution is -2.48. The molecule has 0 aliphatic carbocycles. The van der Waals surface area contributed by atoms with Crippen LogP contribution in [0, 0.1) is 10.1 Å². The number of fused-ring (bicyclic) bond motifs is 1. The molecule has 0 amide bonds. The highest BCUT2D eigenvalue weighted by Crippen LogP contribution is 2.33. The molecule has 5 rings (SSSR count). The Hall–Kier alpha value is -3.92. The fraction of sp³-hybridized carbons (Fsp3) is 0.385. The molecule has 10 nitrogen and oxygen atoms in total. The zero-order valence-electron chi connectivity index (χ0n) is 20.8. The van der Waals surface area contributed by atoms with E-state index in [9.17, 15) is 10.1 Å². The molecule has 1 unspecified atom stereocenters. The van der Waals surface area contributed by atoms with Gasteiger partial charge in [0, 0.05) is 55.6 Å². The number of tetrazole rings is 1. The Bertz CT molecular complexity index is 1360. The molecule has 1 atom stereocenters. The van der Waals surface area contributed by atoms with E-state index in [2.05, 4.69) is 75.3 Å². The first kappa shape index (κ1) is 23.8. The van der Waals surface area contributed by atoms with Gasteiger partial charge in [-0.1, -0.05) is 19.1 Å². The second kappa shape index (κ2) is 9.62. The highest BCUT2D eigenvalue weighted by Gasteiger charge is 2.34. The van der Waals surface area contributed by atoms with Crippen molar-refractivity contribution >= 4 is 22.3 Å². The number of hydrogen-bond acceptors (Lipinski definition) is 8. The maximum Gasteiger partial charge on any atom is 0.269 e. The van der Waals surface area contributed by atoms with Crippen molar-refractivity contribution in [2.45, 2.75) is 38.8 Å². The molecule has 1 aliphatic heterocycles. The van der Waals surface area contributed by atoms with Gasteiger partial charge in [-0.3, -0.25) is 20.0 Å². The van der Waals surface area contributed by atoms with Gasteiger partial charge in [-0.25, -0.2) is 4.68 Å². The molecule has 0 N–H and O–H groups in total. The first-order valence-corrected chi connectivity index (χ1v) is 12.2. The molecular weight excluding hydrogens is 456 g/mol. The van der Waals surface area contributed by atoms with Crippen molar-refractivity contribution in [2.24, 2.45) is 0 Å². The molecule has 1 fully saturated rings. The average Bonchev–Trinajstić information content (AvgIpc) is 3.40. The second-order valence-electron chi connectivity index (χ2n) is 9.77. The highest BCUT2D eigenvalue weighted by molar-refractivity contribution is 5.79. The van der Waals surface area contributed by atoms with Crippen molar-refractivity contribution in [2.75, 3.05) is 31.1 Å². The third-order valence-electron chi connectivity index (χ3n) is 7.22. The van der Waals surface area contributed by atoms with Gasteiger partial charge in [0.15, 0.2) is 5.82 Å². The van der Waals surface area contributed by atoms with Crippen LogP contribution in [0.25, 0.3) is 10.9 Å². The predicted molar refractivity (Wildman–Crippen MR) is 138 cm³/mol. The minimum Gasteiger partial charge on any atom is -0.369 e. The fourth-order valence-electron chi connectivity index (χ4n) is 4.76. The zero-order valence-corrected chi connectivity index (χ0v) is 20.8. The molecule has 2 aromatic heterocycles. The molecule has 0 saturated carbocycles. The first-order valence-electron chi connectivity index (χ1n) is 12.2. The number of piperazine rings is 1. The van der Waals surface area contributed by atoms with Crippen LogP contribution in [0.5, 0.6) is 0 Å². The number of nitro groups is 1. The van der Waals surface area contributed by atoms with Crippen molar-refractivity contribution in [3.8, 4) is 0 Å². The van der Waals surface area contributed by atoms with Crippen LogP contribution in [-0.4, -0.2) is 61.2 Å². The van der Waals surface area contributed by atoms with Gasteiger partial charge in [0.05, 0.1) is 22.0 Å². The van der Waals surface area contributed by atoms with Gasteiger partial charge in [0.1, 0.15) is 0 Å². The molecule has 3 heterocycles. The Morgan fingerprint density at radius 2 is 1.81 bits per heavy atom. The van der Waals surface area contributed by atoms with Gasteiger partial charge < -0.3 is 4.90 Å². The molecule has 186 valence electrons. The summed E-state index contributed by atoms with van der Waals surface area (Å²) >= 11 is 0. The number of aromatic nitrogens is 5. The zero-order chi connectivity index (χ0) is 25.3. The Morgan fingerprint density at radius 1 is 1.06 bits per heavy atom. The van der Waals surface area contributed by atoms with Gasteiger partial charge in [0.25, 0.3) is 5.69 Å². The summed E-state index contributed by atoms with van der Waals surface area (Å²) in [6, 6.07) is 17.1. The van der Waals surface area contributed by atoms with Crippen LogP contribution in [0.3, 0.4) is 0 Å². The molecular formula is C26H30N8O2. The number of nitro benzene ring substituents is 1. The number of hydrogen-bond donors (Lipinski definition) is 0. The van der Waals surface area contributed by atoms with Crippen LogP contribution >= 0.6 is 0 Å². The largest absolute Gasteiger partial charge is 0.369 e. The lowest BCUT2D eigenvalue weighted by molar-refractivity contribution is -0.384. The molecule has 10 heteroatoms.